The van der Waals surface area contributed by atoms with Crippen LogP contribution in [0.3, 0.4) is 0 Å². The zero-order chi connectivity index (χ0) is 13.3. The molecule has 2 aliphatic carbocycles. The van der Waals surface area contributed by atoms with Crippen molar-refractivity contribution in [1.82, 2.24) is 4.90 Å². The van der Waals surface area contributed by atoms with Crippen molar-refractivity contribution in [3.8, 4) is 0 Å². The van der Waals surface area contributed by atoms with E-state index in [1.807, 2.05) is 4.90 Å². The predicted octanol–water partition coefficient (Wildman–Crippen LogP) is 4.11. The van der Waals surface area contributed by atoms with Crippen molar-refractivity contribution in [3.05, 3.63) is 0 Å². The first kappa shape index (κ1) is 13.3. The molecular formula is C16H27NO2. The third-order valence-corrected chi connectivity index (χ3v) is 5.58. The van der Waals surface area contributed by atoms with Crippen LogP contribution in [0, 0.1) is 5.41 Å². The molecule has 0 unspecified atom stereocenters. The highest BCUT2D eigenvalue weighted by atomic mass is 16.6. The third kappa shape index (κ3) is 2.75. The molecule has 1 amide bonds. The zero-order valence-electron chi connectivity index (χ0n) is 12.2. The van der Waals surface area contributed by atoms with Crippen LogP contribution in [0.4, 0.5) is 4.79 Å². The SMILES string of the molecule is CC1(OC(=O)N2CCCC3(CCCC3)C2)CCCC1. The van der Waals surface area contributed by atoms with E-state index in [-0.39, 0.29) is 11.7 Å². The van der Waals surface area contributed by atoms with Crippen LogP contribution >= 0.6 is 0 Å². The van der Waals surface area contributed by atoms with Gasteiger partial charge in [-0.3, -0.25) is 0 Å². The molecule has 1 spiro atoms. The molecular weight excluding hydrogens is 238 g/mol. The number of piperidine rings is 1. The number of hydrogen-bond donors (Lipinski definition) is 0. The fraction of sp³-hybridized carbons (Fsp3) is 0.938. The molecule has 2 saturated carbocycles. The quantitative estimate of drug-likeness (QED) is 0.714. The van der Waals surface area contributed by atoms with Crippen LogP contribution < -0.4 is 0 Å². The molecule has 0 bridgehead atoms. The number of likely N-dealkylation sites (tertiary alicyclic amines) is 1. The van der Waals surface area contributed by atoms with Crippen molar-refractivity contribution in [2.45, 2.75) is 76.7 Å². The average Bonchev–Trinajstić information content (AvgIpc) is 3.00. The number of ether oxygens (including phenoxy) is 1. The van der Waals surface area contributed by atoms with Crippen molar-refractivity contribution in [2.24, 2.45) is 5.41 Å². The molecule has 0 aromatic heterocycles. The van der Waals surface area contributed by atoms with E-state index in [9.17, 15) is 4.79 Å². The van der Waals surface area contributed by atoms with E-state index in [1.165, 1.54) is 44.9 Å². The minimum atomic E-state index is -0.183. The summed E-state index contributed by atoms with van der Waals surface area (Å²) in [5, 5.41) is 0. The Morgan fingerprint density at radius 1 is 0.947 bits per heavy atom. The fourth-order valence-corrected chi connectivity index (χ4v) is 4.40. The lowest BCUT2D eigenvalue weighted by molar-refractivity contribution is -0.00956. The summed E-state index contributed by atoms with van der Waals surface area (Å²) >= 11 is 0. The maximum absolute atomic E-state index is 12.4. The molecule has 3 aliphatic rings. The van der Waals surface area contributed by atoms with E-state index in [0.29, 0.717) is 5.41 Å². The molecule has 1 heterocycles. The topological polar surface area (TPSA) is 29.5 Å². The number of carbonyl (C=O) groups is 1. The lowest BCUT2D eigenvalue weighted by Crippen LogP contribution is -2.47. The summed E-state index contributed by atoms with van der Waals surface area (Å²) < 4.78 is 5.83. The highest BCUT2D eigenvalue weighted by Gasteiger charge is 2.41. The van der Waals surface area contributed by atoms with Gasteiger partial charge in [0.05, 0.1) is 0 Å². The van der Waals surface area contributed by atoms with Crippen molar-refractivity contribution >= 4 is 6.09 Å². The highest BCUT2D eigenvalue weighted by Crippen LogP contribution is 2.45. The number of hydrogen-bond acceptors (Lipinski definition) is 2. The standard InChI is InChI=1S/C16H27NO2/c1-15(7-2-3-8-15)19-14(18)17-12-6-11-16(13-17)9-4-5-10-16/h2-13H2,1H3. The number of amides is 1. The van der Waals surface area contributed by atoms with Gasteiger partial charge in [0, 0.05) is 13.1 Å². The van der Waals surface area contributed by atoms with Gasteiger partial charge in [-0.25, -0.2) is 4.79 Å². The molecule has 0 atom stereocenters. The van der Waals surface area contributed by atoms with Gasteiger partial charge in [-0.2, -0.15) is 0 Å². The Kier molecular flexibility index (Phi) is 3.48. The number of nitrogens with zero attached hydrogens (tertiary/aromatic N) is 1. The molecule has 3 heteroatoms. The lowest BCUT2D eigenvalue weighted by Gasteiger charge is -2.41. The Hall–Kier alpha value is -0.730. The summed E-state index contributed by atoms with van der Waals surface area (Å²) in [4.78, 5) is 14.4. The molecule has 1 saturated heterocycles. The third-order valence-electron chi connectivity index (χ3n) is 5.58. The van der Waals surface area contributed by atoms with Crippen LogP contribution in [0.5, 0.6) is 0 Å². The van der Waals surface area contributed by atoms with Gasteiger partial charge in [-0.15, -0.1) is 0 Å². The summed E-state index contributed by atoms with van der Waals surface area (Å²) in [6.45, 7) is 3.95. The maximum atomic E-state index is 12.4. The highest BCUT2D eigenvalue weighted by molar-refractivity contribution is 5.68. The van der Waals surface area contributed by atoms with Gasteiger partial charge < -0.3 is 9.64 Å². The Labute approximate surface area is 116 Å². The van der Waals surface area contributed by atoms with E-state index in [0.717, 1.165) is 32.4 Å². The van der Waals surface area contributed by atoms with Gasteiger partial charge in [0.25, 0.3) is 0 Å². The van der Waals surface area contributed by atoms with Gasteiger partial charge in [-0.05, 0) is 63.7 Å². The Morgan fingerprint density at radius 2 is 1.53 bits per heavy atom. The van der Waals surface area contributed by atoms with Crippen LogP contribution in [0.2, 0.25) is 0 Å². The van der Waals surface area contributed by atoms with E-state index >= 15 is 0 Å². The Bertz CT molecular complexity index is 341. The first-order chi connectivity index (χ1) is 9.11. The van der Waals surface area contributed by atoms with Crippen molar-refractivity contribution < 1.29 is 9.53 Å². The second-order valence-corrected chi connectivity index (χ2v) is 7.26. The smallest absolute Gasteiger partial charge is 0.410 e. The maximum Gasteiger partial charge on any atom is 0.410 e. The first-order valence-electron chi connectivity index (χ1n) is 8.09. The second kappa shape index (κ2) is 4.99. The molecule has 3 fully saturated rings. The second-order valence-electron chi connectivity index (χ2n) is 7.26. The summed E-state index contributed by atoms with van der Waals surface area (Å²) in [7, 11) is 0. The molecule has 1 aliphatic heterocycles. The van der Waals surface area contributed by atoms with Gasteiger partial charge in [0.15, 0.2) is 0 Å². The van der Waals surface area contributed by atoms with Crippen LogP contribution in [-0.4, -0.2) is 29.7 Å². The Morgan fingerprint density at radius 3 is 2.21 bits per heavy atom. The average molecular weight is 265 g/mol. The van der Waals surface area contributed by atoms with E-state index in [2.05, 4.69) is 6.92 Å². The summed E-state index contributed by atoms with van der Waals surface area (Å²) in [5.41, 5.74) is 0.255. The molecule has 3 rings (SSSR count). The van der Waals surface area contributed by atoms with Crippen LogP contribution in [-0.2, 0) is 4.74 Å². The molecule has 19 heavy (non-hydrogen) atoms. The number of carbonyl (C=O) groups excluding carboxylic acids is 1. The van der Waals surface area contributed by atoms with E-state index in [1.54, 1.807) is 0 Å². The molecule has 0 N–H and O–H groups in total. The van der Waals surface area contributed by atoms with Gasteiger partial charge in [-0.1, -0.05) is 12.8 Å². The van der Waals surface area contributed by atoms with Gasteiger partial charge in [0.1, 0.15) is 5.60 Å². The van der Waals surface area contributed by atoms with E-state index in [4.69, 9.17) is 4.74 Å². The normalized spacial score (nSPS) is 28.8. The van der Waals surface area contributed by atoms with Crippen molar-refractivity contribution in [2.75, 3.05) is 13.1 Å². The van der Waals surface area contributed by atoms with Gasteiger partial charge >= 0.3 is 6.09 Å². The summed E-state index contributed by atoms with van der Waals surface area (Å²) in [5.74, 6) is 0. The monoisotopic (exact) mass is 265 g/mol. The summed E-state index contributed by atoms with van der Waals surface area (Å²) in [6.07, 6.45) is 12.2. The van der Waals surface area contributed by atoms with Crippen LogP contribution in [0.25, 0.3) is 0 Å². The van der Waals surface area contributed by atoms with E-state index < -0.39 is 0 Å². The molecule has 0 aromatic rings. The van der Waals surface area contributed by atoms with Crippen LogP contribution in [0.1, 0.15) is 71.1 Å². The first-order valence-corrected chi connectivity index (χ1v) is 8.09. The largest absolute Gasteiger partial charge is 0.443 e. The zero-order valence-corrected chi connectivity index (χ0v) is 12.2. The van der Waals surface area contributed by atoms with Gasteiger partial charge in [0.2, 0.25) is 0 Å². The molecule has 108 valence electrons. The lowest BCUT2D eigenvalue weighted by atomic mass is 9.78. The summed E-state index contributed by atoms with van der Waals surface area (Å²) in [6, 6.07) is 0. The molecule has 0 radical (unpaired) electrons. The molecule has 0 aromatic carbocycles. The van der Waals surface area contributed by atoms with Crippen molar-refractivity contribution in [3.63, 3.8) is 0 Å². The predicted molar refractivity (Wildman–Crippen MR) is 75.1 cm³/mol. The fourth-order valence-electron chi connectivity index (χ4n) is 4.40. The number of rotatable bonds is 1. The minimum Gasteiger partial charge on any atom is -0.443 e. The minimum absolute atomic E-state index is 0.0459. The van der Waals surface area contributed by atoms with Crippen molar-refractivity contribution in [1.29, 1.82) is 0 Å². The Balaban J connectivity index is 1.60. The molecule has 3 nitrogen and oxygen atoms in total. The van der Waals surface area contributed by atoms with Crippen LogP contribution in [0.15, 0.2) is 0 Å².